The van der Waals surface area contributed by atoms with Gasteiger partial charge in [-0.2, -0.15) is 0 Å². The number of benzene rings is 6. The second-order valence-electron chi connectivity index (χ2n) is 14.8. The van der Waals surface area contributed by atoms with Gasteiger partial charge in [-0.25, -0.2) is 0 Å². The van der Waals surface area contributed by atoms with Crippen molar-refractivity contribution in [2.75, 3.05) is 6.54 Å². The van der Waals surface area contributed by atoms with Crippen LogP contribution < -0.4 is 9.27 Å². The lowest BCUT2D eigenvalue weighted by atomic mass is 9.63. The molecule has 2 nitrogen and oxygen atoms in total. The molecule has 0 radical (unpaired) electrons. The molecular weight excluding hydrogens is 641 g/mol. The van der Waals surface area contributed by atoms with Gasteiger partial charge in [0.25, 0.3) is 5.69 Å². The van der Waals surface area contributed by atoms with Crippen molar-refractivity contribution in [3.05, 3.63) is 222 Å². The third kappa shape index (κ3) is 3.83. The molecule has 7 aromatic rings. The molecular formula is C51H38N2+2. The predicted octanol–water partition coefficient (Wildman–Crippen LogP) is 11.8. The summed E-state index contributed by atoms with van der Waals surface area (Å²) in [7, 11) is 0. The van der Waals surface area contributed by atoms with Crippen molar-refractivity contribution in [3.8, 4) is 33.5 Å². The number of quaternary nitrogens is 1. The summed E-state index contributed by atoms with van der Waals surface area (Å²) in [6.07, 6.45) is 7.81. The van der Waals surface area contributed by atoms with Crippen LogP contribution in [-0.2, 0) is 5.41 Å². The van der Waals surface area contributed by atoms with E-state index in [1.54, 1.807) is 0 Å². The van der Waals surface area contributed by atoms with Gasteiger partial charge in [0.05, 0.1) is 5.41 Å². The number of nitrogens with zero attached hydrogens (tertiary/aromatic N) is 2. The Balaban J connectivity index is 1.34. The smallest absolute Gasteiger partial charge is 0.0950 e. The standard InChI is InChI=1S/C51H38N2/c1-3-35(36-17-6-4-7-18-36)31-42-34(2)28-30-53-49-41(42)23-16-26-46(49)51(44-24-12-10-21-39(44)40-22-11-13-25-45(40)51)47-33-38(37-19-8-5-9-20-37)32-43(50(47)53)48-27-14-15-29-52(48)53/h3-27,29,31-33H,2,28,30H2,1H3/q+2/b35-3+,42-31+. The molecule has 2 spiro atoms. The van der Waals surface area contributed by atoms with Crippen LogP contribution in [0.1, 0.15) is 46.7 Å². The van der Waals surface area contributed by atoms with Gasteiger partial charge < -0.3 is 0 Å². The summed E-state index contributed by atoms with van der Waals surface area (Å²) in [5.74, 6) is 0. The third-order valence-corrected chi connectivity index (χ3v) is 12.4. The normalized spacial score (nSPS) is 18.9. The minimum Gasteiger partial charge on any atom is -0.0950 e. The lowest BCUT2D eigenvalue weighted by Gasteiger charge is -2.43. The van der Waals surface area contributed by atoms with Crippen LogP contribution in [0.2, 0.25) is 0 Å². The van der Waals surface area contributed by atoms with Gasteiger partial charge in [0, 0.05) is 35.2 Å². The first-order chi connectivity index (χ1) is 26.2. The summed E-state index contributed by atoms with van der Waals surface area (Å²) in [6.45, 7) is 7.86. The lowest BCUT2D eigenvalue weighted by Crippen LogP contribution is -2.69. The zero-order chi connectivity index (χ0) is 35.3. The highest BCUT2D eigenvalue weighted by molar-refractivity contribution is 6.02. The molecule has 1 aromatic heterocycles. The van der Waals surface area contributed by atoms with Crippen molar-refractivity contribution in [2.24, 2.45) is 0 Å². The molecule has 0 amide bonds. The number of allylic oxidation sites excluding steroid dienone is 4. The van der Waals surface area contributed by atoms with Crippen molar-refractivity contribution < 1.29 is 4.68 Å². The average molecular weight is 679 g/mol. The molecule has 0 saturated heterocycles. The van der Waals surface area contributed by atoms with Crippen LogP contribution in [0.25, 0.3) is 44.7 Å². The Kier molecular flexibility index (Phi) is 6.33. The fraction of sp³-hybridized carbons (Fsp3) is 0.0784. The molecule has 53 heavy (non-hydrogen) atoms. The summed E-state index contributed by atoms with van der Waals surface area (Å²) < 4.78 is 3.18. The van der Waals surface area contributed by atoms with Gasteiger partial charge in [0.2, 0.25) is 17.6 Å². The molecule has 0 N–H and O–H groups in total. The second-order valence-corrected chi connectivity index (χ2v) is 14.8. The Hall–Kier alpha value is -6.35. The minimum absolute atomic E-state index is 0.530. The Bertz CT molecular complexity index is 2700. The number of pyridine rings is 1. The van der Waals surface area contributed by atoms with Crippen LogP contribution in [0.4, 0.5) is 11.4 Å². The summed E-state index contributed by atoms with van der Waals surface area (Å²) in [5.41, 5.74) is 21.4. The summed E-state index contributed by atoms with van der Waals surface area (Å²) >= 11 is 0. The molecule has 11 rings (SSSR count). The van der Waals surface area contributed by atoms with E-state index in [0.29, 0.717) is 4.59 Å². The molecule has 6 aromatic carbocycles. The lowest BCUT2D eigenvalue weighted by molar-refractivity contribution is -0.780. The highest BCUT2D eigenvalue weighted by Crippen LogP contribution is 2.68. The number of hydrogen-bond acceptors (Lipinski definition) is 0. The Morgan fingerprint density at radius 3 is 1.96 bits per heavy atom. The molecule has 1 aliphatic carbocycles. The molecule has 250 valence electrons. The molecule has 1 unspecified atom stereocenters. The quantitative estimate of drug-likeness (QED) is 0.129. The van der Waals surface area contributed by atoms with Gasteiger partial charge in [-0.3, -0.25) is 0 Å². The van der Waals surface area contributed by atoms with E-state index >= 15 is 0 Å². The van der Waals surface area contributed by atoms with E-state index in [-0.39, 0.29) is 0 Å². The van der Waals surface area contributed by atoms with Gasteiger partial charge >= 0.3 is 0 Å². The molecule has 3 aliphatic heterocycles. The van der Waals surface area contributed by atoms with Gasteiger partial charge in [0.15, 0.2) is 0 Å². The zero-order valence-corrected chi connectivity index (χ0v) is 29.8. The number of aromatic nitrogens is 1. The molecule has 4 heterocycles. The van der Waals surface area contributed by atoms with E-state index in [0.717, 1.165) is 13.0 Å². The number of para-hydroxylation sites is 1. The summed E-state index contributed by atoms with van der Waals surface area (Å²) in [4.78, 5) is 0. The van der Waals surface area contributed by atoms with Crippen molar-refractivity contribution >= 4 is 22.5 Å². The average Bonchev–Trinajstić information content (AvgIpc) is 3.64. The Morgan fingerprint density at radius 2 is 1.23 bits per heavy atom. The second kappa shape index (κ2) is 11.1. The van der Waals surface area contributed by atoms with E-state index in [9.17, 15) is 0 Å². The SMILES string of the molecule is C=C1CC[N+]23c4c(cccc4C4(c5ccccc5-c5ccccc54)c4cc(-c5ccccc5)cc(c42)-c2cccc[n+]23)/C1=C/C(=C\C)c1ccccc1. The van der Waals surface area contributed by atoms with E-state index in [2.05, 4.69) is 188 Å². The monoisotopic (exact) mass is 678 g/mol. The number of rotatable bonds is 3. The van der Waals surface area contributed by atoms with Gasteiger partial charge in [-0.1, -0.05) is 134 Å². The molecule has 0 fully saturated rings. The maximum Gasteiger partial charge on any atom is 0.279 e. The molecule has 4 aliphatic rings. The highest BCUT2D eigenvalue weighted by atomic mass is 15.7. The highest BCUT2D eigenvalue weighted by Gasteiger charge is 2.67. The molecule has 0 saturated carbocycles. The van der Waals surface area contributed by atoms with Crippen LogP contribution >= 0.6 is 0 Å². The van der Waals surface area contributed by atoms with Crippen LogP contribution in [-0.4, -0.2) is 6.54 Å². The van der Waals surface area contributed by atoms with Gasteiger partial charge in [0.1, 0.15) is 12.1 Å². The van der Waals surface area contributed by atoms with Crippen LogP contribution in [0.5, 0.6) is 0 Å². The van der Waals surface area contributed by atoms with Crippen LogP contribution in [0.15, 0.2) is 188 Å². The third-order valence-electron chi connectivity index (χ3n) is 12.4. The number of fused-ring (bicyclic) bond motifs is 9. The van der Waals surface area contributed by atoms with E-state index < -0.39 is 5.41 Å². The fourth-order valence-corrected chi connectivity index (χ4v) is 10.3. The van der Waals surface area contributed by atoms with Crippen LogP contribution in [0, 0.1) is 0 Å². The fourth-order valence-electron chi connectivity index (χ4n) is 10.3. The maximum atomic E-state index is 4.85. The first-order valence-corrected chi connectivity index (χ1v) is 18.8. The van der Waals surface area contributed by atoms with Gasteiger partial charge in [-0.15, -0.1) is 0 Å². The van der Waals surface area contributed by atoms with Crippen molar-refractivity contribution in [1.29, 1.82) is 0 Å². The summed E-state index contributed by atoms with van der Waals surface area (Å²) in [6, 6.07) is 58.9. The molecule has 0 bridgehead atoms. The van der Waals surface area contributed by atoms with Crippen molar-refractivity contribution in [3.63, 3.8) is 0 Å². The molecule has 1 atom stereocenters. The largest absolute Gasteiger partial charge is 0.279 e. The van der Waals surface area contributed by atoms with Crippen molar-refractivity contribution in [2.45, 2.75) is 18.8 Å². The predicted molar refractivity (Wildman–Crippen MR) is 218 cm³/mol. The zero-order valence-electron chi connectivity index (χ0n) is 29.8. The van der Waals surface area contributed by atoms with E-state index in [4.69, 9.17) is 6.58 Å². The maximum absolute atomic E-state index is 4.85. The Labute approximate surface area is 311 Å². The minimum atomic E-state index is -0.530. The van der Waals surface area contributed by atoms with Crippen LogP contribution in [0.3, 0.4) is 0 Å². The first-order valence-electron chi connectivity index (χ1n) is 18.8. The Morgan fingerprint density at radius 1 is 0.604 bits per heavy atom. The van der Waals surface area contributed by atoms with E-state index in [1.165, 1.54) is 95.0 Å². The first kappa shape index (κ1) is 30.3. The van der Waals surface area contributed by atoms with E-state index in [1.807, 2.05) is 0 Å². The van der Waals surface area contributed by atoms with Gasteiger partial charge in [-0.05, 0) is 102 Å². The molecule has 2 heteroatoms. The summed E-state index contributed by atoms with van der Waals surface area (Å²) in [5, 5.41) is 0. The van der Waals surface area contributed by atoms with Crippen molar-refractivity contribution in [1.82, 2.24) is 4.59 Å². The number of hydrogen-bond donors (Lipinski definition) is 0. The topological polar surface area (TPSA) is 3.88 Å².